The Morgan fingerprint density at radius 1 is 1.57 bits per heavy atom. The molecule has 0 N–H and O–H groups in total. The van der Waals surface area contributed by atoms with Crippen molar-refractivity contribution in [2.75, 3.05) is 19.7 Å². The number of hydrogen-bond donors (Lipinski definition) is 0. The Balaban J connectivity index is 1.82. The number of carbonyl (C=O) groups is 2. The third-order valence-electron chi connectivity index (χ3n) is 4.48. The molecule has 3 rings (SSSR count). The van der Waals surface area contributed by atoms with E-state index in [1.165, 1.54) is 0 Å². The summed E-state index contributed by atoms with van der Waals surface area (Å²) in [6.07, 6.45) is 4.37. The maximum absolute atomic E-state index is 12.7. The van der Waals surface area contributed by atoms with Crippen LogP contribution in [0.2, 0.25) is 0 Å². The average Bonchev–Trinajstić information content (AvgIpc) is 3.04. The summed E-state index contributed by atoms with van der Waals surface area (Å²) in [5.41, 5.74) is -0.605. The van der Waals surface area contributed by atoms with Gasteiger partial charge in [-0.1, -0.05) is 32.9 Å². The number of ether oxygens (including phenoxy) is 2. The monoisotopic (exact) mass is 293 g/mol. The zero-order chi connectivity index (χ0) is 15.2. The SMILES string of the molecule is CCCOC(=O)[C@H]1[C@@H]2C=C[C@]3(CN(CC(C)C)C(=O)[C@H]13)O2. The van der Waals surface area contributed by atoms with Crippen LogP contribution in [0.25, 0.3) is 0 Å². The van der Waals surface area contributed by atoms with Gasteiger partial charge in [0.1, 0.15) is 11.5 Å². The predicted octanol–water partition coefficient (Wildman–Crippen LogP) is 1.38. The van der Waals surface area contributed by atoms with E-state index in [2.05, 4.69) is 13.8 Å². The topological polar surface area (TPSA) is 55.8 Å². The lowest BCUT2D eigenvalue weighted by Crippen LogP contribution is -2.40. The van der Waals surface area contributed by atoms with Crippen LogP contribution in [0.15, 0.2) is 12.2 Å². The summed E-state index contributed by atoms with van der Waals surface area (Å²) in [6.45, 7) is 7.78. The van der Waals surface area contributed by atoms with Gasteiger partial charge in [0.15, 0.2) is 0 Å². The highest BCUT2D eigenvalue weighted by Crippen LogP contribution is 2.52. The number of fused-ring (bicyclic) bond motifs is 1. The first-order valence-corrected chi connectivity index (χ1v) is 7.81. The lowest BCUT2D eigenvalue weighted by atomic mass is 9.77. The number of nitrogens with zero attached hydrogens (tertiary/aromatic N) is 1. The molecule has 2 fully saturated rings. The fraction of sp³-hybridized carbons (Fsp3) is 0.750. The maximum Gasteiger partial charge on any atom is 0.312 e. The molecule has 1 spiro atoms. The first-order chi connectivity index (χ1) is 9.98. The van der Waals surface area contributed by atoms with E-state index < -0.39 is 17.4 Å². The molecular formula is C16H23NO4. The van der Waals surface area contributed by atoms with Gasteiger partial charge in [0.2, 0.25) is 5.91 Å². The van der Waals surface area contributed by atoms with Gasteiger partial charge in [0.05, 0.1) is 25.2 Å². The van der Waals surface area contributed by atoms with E-state index in [0.717, 1.165) is 6.42 Å². The Morgan fingerprint density at radius 2 is 2.33 bits per heavy atom. The minimum Gasteiger partial charge on any atom is -0.465 e. The van der Waals surface area contributed by atoms with Crippen molar-refractivity contribution < 1.29 is 19.1 Å². The molecule has 0 radical (unpaired) electrons. The molecule has 1 amide bonds. The summed E-state index contributed by atoms with van der Waals surface area (Å²) in [6, 6.07) is 0. The van der Waals surface area contributed by atoms with Crippen LogP contribution in [0.1, 0.15) is 27.2 Å². The summed E-state index contributed by atoms with van der Waals surface area (Å²) in [7, 11) is 0. The average molecular weight is 293 g/mol. The van der Waals surface area contributed by atoms with E-state index in [9.17, 15) is 9.59 Å². The second-order valence-electron chi connectivity index (χ2n) is 6.68. The molecule has 116 valence electrons. The van der Waals surface area contributed by atoms with Gasteiger partial charge in [-0.25, -0.2) is 0 Å². The van der Waals surface area contributed by atoms with Crippen molar-refractivity contribution in [1.82, 2.24) is 4.90 Å². The summed E-state index contributed by atoms with van der Waals surface area (Å²) in [4.78, 5) is 26.8. The number of hydrogen-bond acceptors (Lipinski definition) is 4. The van der Waals surface area contributed by atoms with Crippen molar-refractivity contribution in [3.05, 3.63) is 12.2 Å². The van der Waals surface area contributed by atoms with Gasteiger partial charge in [-0.2, -0.15) is 0 Å². The molecule has 3 heterocycles. The van der Waals surface area contributed by atoms with Crippen molar-refractivity contribution in [2.45, 2.75) is 38.9 Å². The zero-order valence-electron chi connectivity index (χ0n) is 12.9. The van der Waals surface area contributed by atoms with Crippen LogP contribution in [0, 0.1) is 17.8 Å². The fourth-order valence-electron chi connectivity index (χ4n) is 3.74. The summed E-state index contributed by atoms with van der Waals surface area (Å²) in [5.74, 6) is -0.746. The standard InChI is InChI=1S/C16H23NO4/c1-4-7-20-15(19)12-11-5-6-16(21-11)9-17(8-10(2)3)14(18)13(12)16/h5-6,10-13H,4,7-9H2,1-3H3/t11-,12-,13-,16+/m0/s1. The minimum atomic E-state index is -0.605. The van der Waals surface area contributed by atoms with Gasteiger partial charge < -0.3 is 14.4 Å². The Hall–Kier alpha value is -1.36. The second kappa shape index (κ2) is 5.13. The van der Waals surface area contributed by atoms with Gasteiger partial charge in [0, 0.05) is 6.54 Å². The van der Waals surface area contributed by atoms with Crippen LogP contribution < -0.4 is 0 Å². The van der Waals surface area contributed by atoms with Crippen LogP contribution in [-0.4, -0.2) is 48.2 Å². The van der Waals surface area contributed by atoms with Gasteiger partial charge in [0.25, 0.3) is 0 Å². The number of amides is 1. The molecule has 2 bridgehead atoms. The van der Waals surface area contributed by atoms with Crippen molar-refractivity contribution in [1.29, 1.82) is 0 Å². The first-order valence-electron chi connectivity index (χ1n) is 7.81. The first kappa shape index (κ1) is 14.6. The van der Waals surface area contributed by atoms with E-state index >= 15 is 0 Å². The molecule has 0 aromatic heterocycles. The Bertz CT molecular complexity index is 487. The third kappa shape index (κ3) is 2.18. The lowest BCUT2D eigenvalue weighted by molar-refractivity contribution is -0.153. The third-order valence-corrected chi connectivity index (χ3v) is 4.48. The summed E-state index contributed by atoms with van der Waals surface area (Å²) < 4.78 is 11.3. The maximum atomic E-state index is 12.7. The highest BCUT2D eigenvalue weighted by atomic mass is 16.6. The molecule has 0 aromatic carbocycles. The quantitative estimate of drug-likeness (QED) is 0.567. The van der Waals surface area contributed by atoms with Crippen molar-refractivity contribution in [3.8, 4) is 0 Å². The van der Waals surface area contributed by atoms with E-state index in [1.807, 2.05) is 24.0 Å². The number of rotatable bonds is 5. The molecule has 2 saturated heterocycles. The highest BCUT2D eigenvalue weighted by molar-refractivity contribution is 5.91. The van der Waals surface area contributed by atoms with Crippen LogP contribution in [0.5, 0.6) is 0 Å². The molecule has 0 aromatic rings. The van der Waals surface area contributed by atoms with Crippen molar-refractivity contribution in [2.24, 2.45) is 17.8 Å². The van der Waals surface area contributed by atoms with E-state index in [-0.39, 0.29) is 18.0 Å². The second-order valence-corrected chi connectivity index (χ2v) is 6.68. The Morgan fingerprint density at radius 3 is 3.00 bits per heavy atom. The lowest BCUT2D eigenvalue weighted by Gasteiger charge is -2.22. The highest BCUT2D eigenvalue weighted by Gasteiger charge is 2.67. The molecule has 3 aliphatic rings. The smallest absolute Gasteiger partial charge is 0.312 e. The molecule has 0 aliphatic carbocycles. The summed E-state index contributed by atoms with van der Waals surface area (Å²) in [5, 5.41) is 0. The molecule has 0 saturated carbocycles. The number of likely N-dealkylation sites (tertiary alicyclic amines) is 1. The number of carbonyl (C=O) groups excluding carboxylic acids is 2. The fourth-order valence-corrected chi connectivity index (χ4v) is 3.74. The zero-order valence-corrected chi connectivity index (χ0v) is 12.9. The minimum absolute atomic E-state index is 0.0361. The van der Waals surface area contributed by atoms with Gasteiger partial charge in [-0.05, 0) is 12.3 Å². The molecular weight excluding hydrogens is 270 g/mol. The Kier molecular flexibility index (Phi) is 3.56. The normalized spacial score (nSPS) is 36.7. The predicted molar refractivity (Wildman–Crippen MR) is 76.4 cm³/mol. The summed E-state index contributed by atoms with van der Waals surface area (Å²) >= 11 is 0. The van der Waals surface area contributed by atoms with Crippen LogP contribution >= 0.6 is 0 Å². The van der Waals surface area contributed by atoms with E-state index in [0.29, 0.717) is 25.6 Å². The number of esters is 1. The van der Waals surface area contributed by atoms with Gasteiger partial charge >= 0.3 is 5.97 Å². The molecule has 5 nitrogen and oxygen atoms in total. The molecule has 3 aliphatic heterocycles. The molecule has 4 atom stereocenters. The van der Waals surface area contributed by atoms with Crippen molar-refractivity contribution >= 4 is 11.9 Å². The largest absolute Gasteiger partial charge is 0.465 e. The van der Waals surface area contributed by atoms with Crippen LogP contribution in [0.4, 0.5) is 0 Å². The van der Waals surface area contributed by atoms with E-state index in [4.69, 9.17) is 9.47 Å². The molecule has 5 heteroatoms. The van der Waals surface area contributed by atoms with Crippen LogP contribution in [-0.2, 0) is 19.1 Å². The van der Waals surface area contributed by atoms with E-state index in [1.54, 1.807) is 0 Å². The van der Waals surface area contributed by atoms with Crippen molar-refractivity contribution in [3.63, 3.8) is 0 Å². The van der Waals surface area contributed by atoms with Crippen LogP contribution in [0.3, 0.4) is 0 Å². The van der Waals surface area contributed by atoms with Gasteiger partial charge in [-0.3, -0.25) is 9.59 Å². The molecule has 0 unspecified atom stereocenters. The van der Waals surface area contributed by atoms with Gasteiger partial charge in [-0.15, -0.1) is 0 Å². The molecule has 21 heavy (non-hydrogen) atoms. The Labute approximate surface area is 125 Å².